The maximum absolute atomic E-state index is 11.7. The number of hydrogen-bond donors (Lipinski definition) is 1. The van der Waals surface area contributed by atoms with Crippen LogP contribution in [0, 0.1) is 23.7 Å². The summed E-state index contributed by atoms with van der Waals surface area (Å²) >= 11 is 0. The Labute approximate surface area is 81.9 Å². The number of aliphatic hydroxyl groups is 1. The molecule has 1 N–H and O–H groups in total. The molecule has 1 heterocycles. The number of imide groups is 1. The number of carbonyl (C=O) groups excluding carboxylic acids is 2. The van der Waals surface area contributed by atoms with Crippen molar-refractivity contribution in [1.29, 1.82) is 0 Å². The molecule has 3 fully saturated rings. The molecule has 0 radical (unpaired) electrons. The summed E-state index contributed by atoms with van der Waals surface area (Å²) in [6.45, 7) is 0. The smallest absolute Gasteiger partial charge is 0.233 e. The molecule has 1 saturated heterocycles. The van der Waals surface area contributed by atoms with E-state index in [9.17, 15) is 14.7 Å². The van der Waals surface area contributed by atoms with Gasteiger partial charge in [-0.2, -0.15) is 0 Å². The lowest BCUT2D eigenvalue weighted by atomic mass is 9.81. The van der Waals surface area contributed by atoms with Crippen LogP contribution in [0.1, 0.15) is 12.8 Å². The Hall–Kier alpha value is -0.900. The van der Waals surface area contributed by atoms with E-state index in [-0.39, 0.29) is 35.5 Å². The normalized spacial score (nSPS) is 50.4. The van der Waals surface area contributed by atoms with Gasteiger partial charge in [-0.25, -0.2) is 0 Å². The lowest BCUT2D eigenvalue weighted by Gasteiger charge is -2.18. The molecule has 2 amide bonds. The highest BCUT2D eigenvalue weighted by atomic mass is 16.3. The summed E-state index contributed by atoms with van der Waals surface area (Å²) in [7, 11) is 1.55. The van der Waals surface area contributed by atoms with Crippen molar-refractivity contribution in [2.75, 3.05) is 7.05 Å². The molecule has 4 atom stereocenters. The van der Waals surface area contributed by atoms with Crippen LogP contribution in [0.4, 0.5) is 0 Å². The lowest BCUT2D eigenvalue weighted by Crippen LogP contribution is -2.31. The average Bonchev–Trinajstić information content (AvgIpc) is 2.74. The number of nitrogens with zero attached hydrogens (tertiary/aromatic N) is 1. The van der Waals surface area contributed by atoms with Gasteiger partial charge in [0.2, 0.25) is 11.8 Å². The fraction of sp³-hybridized carbons (Fsp3) is 0.800. The van der Waals surface area contributed by atoms with Crippen molar-refractivity contribution >= 4 is 11.8 Å². The first-order valence-corrected chi connectivity index (χ1v) is 5.12. The van der Waals surface area contributed by atoms with E-state index in [1.54, 1.807) is 7.05 Å². The van der Waals surface area contributed by atoms with Gasteiger partial charge >= 0.3 is 0 Å². The molecule has 0 spiro atoms. The Morgan fingerprint density at radius 3 is 2.00 bits per heavy atom. The zero-order valence-electron chi connectivity index (χ0n) is 8.01. The maximum atomic E-state index is 11.7. The summed E-state index contributed by atoms with van der Waals surface area (Å²) in [4.78, 5) is 24.7. The molecular formula is C10H13NO3. The lowest BCUT2D eigenvalue weighted by molar-refractivity contribution is -0.139. The summed E-state index contributed by atoms with van der Waals surface area (Å²) in [5, 5.41) is 9.83. The molecular weight excluding hydrogens is 182 g/mol. The molecule has 4 unspecified atom stereocenters. The molecule has 2 saturated carbocycles. The van der Waals surface area contributed by atoms with E-state index in [0.717, 1.165) is 12.8 Å². The number of likely N-dealkylation sites (tertiary alicyclic amines) is 1. The molecule has 14 heavy (non-hydrogen) atoms. The van der Waals surface area contributed by atoms with Gasteiger partial charge in [0.1, 0.15) is 0 Å². The second-order valence-corrected chi connectivity index (χ2v) is 4.68. The summed E-state index contributed by atoms with van der Waals surface area (Å²) in [5.74, 6) is -0.474. The minimum absolute atomic E-state index is 0.0476. The highest BCUT2D eigenvalue weighted by Gasteiger charge is 2.64. The highest BCUT2D eigenvalue weighted by Crippen LogP contribution is 2.55. The Bertz CT molecular complexity index is 297. The Morgan fingerprint density at radius 2 is 1.57 bits per heavy atom. The van der Waals surface area contributed by atoms with Gasteiger partial charge in [0.15, 0.2) is 0 Å². The van der Waals surface area contributed by atoms with Crippen molar-refractivity contribution in [3.8, 4) is 0 Å². The van der Waals surface area contributed by atoms with Crippen molar-refractivity contribution < 1.29 is 14.7 Å². The monoisotopic (exact) mass is 195 g/mol. The second-order valence-electron chi connectivity index (χ2n) is 4.68. The fourth-order valence-electron chi connectivity index (χ4n) is 3.59. The van der Waals surface area contributed by atoms with Gasteiger partial charge < -0.3 is 5.11 Å². The van der Waals surface area contributed by atoms with Crippen LogP contribution in [0.15, 0.2) is 0 Å². The fourth-order valence-corrected chi connectivity index (χ4v) is 3.59. The molecule has 76 valence electrons. The number of fused-ring (bicyclic) bond motifs is 5. The van der Waals surface area contributed by atoms with Gasteiger partial charge in [0, 0.05) is 7.05 Å². The maximum Gasteiger partial charge on any atom is 0.233 e. The molecule has 0 aromatic carbocycles. The van der Waals surface area contributed by atoms with Crippen molar-refractivity contribution in [3.63, 3.8) is 0 Å². The molecule has 0 aromatic rings. The van der Waals surface area contributed by atoms with E-state index in [4.69, 9.17) is 0 Å². The Morgan fingerprint density at radius 1 is 1.14 bits per heavy atom. The van der Waals surface area contributed by atoms with Gasteiger partial charge in [0.25, 0.3) is 0 Å². The zero-order chi connectivity index (χ0) is 10.0. The van der Waals surface area contributed by atoms with E-state index in [1.807, 2.05) is 0 Å². The van der Waals surface area contributed by atoms with Gasteiger partial charge in [-0.1, -0.05) is 0 Å². The standard InChI is InChI=1S/C10H13NO3/c1-11-9(13)6-4-2-3-5(8(4)12)7(6)10(11)14/h4-8,12H,2-3H2,1H3. The summed E-state index contributed by atoms with van der Waals surface area (Å²) in [6.07, 6.45) is 1.39. The minimum Gasteiger partial charge on any atom is -0.392 e. The SMILES string of the molecule is CN1C(=O)C2C3CCC(C3O)C2C1=O. The zero-order valence-corrected chi connectivity index (χ0v) is 8.01. The highest BCUT2D eigenvalue weighted by molar-refractivity contribution is 6.05. The van der Waals surface area contributed by atoms with E-state index in [2.05, 4.69) is 0 Å². The third-order valence-electron chi connectivity index (χ3n) is 4.25. The van der Waals surface area contributed by atoms with Crippen molar-refractivity contribution in [1.82, 2.24) is 4.90 Å². The third kappa shape index (κ3) is 0.704. The van der Waals surface area contributed by atoms with Crippen LogP contribution < -0.4 is 0 Å². The van der Waals surface area contributed by atoms with Crippen LogP contribution in [0.25, 0.3) is 0 Å². The molecule has 3 aliphatic rings. The first-order chi connectivity index (χ1) is 6.63. The van der Waals surface area contributed by atoms with E-state index in [1.165, 1.54) is 4.90 Å². The molecule has 1 aliphatic heterocycles. The molecule has 2 bridgehead atoms. The predicted octanol–water partition coefficient (Wildman–Crippen LogP) is -0.382. The molecule has 4 nitrogen and oxygen atoms in total. The second kappa shape index (κ2) is 2.37. The first kappa shape index (κ1) is 8.41. The van der Waals surface area contributed by atoms with Crippen molar-refractivity contribution in [2.24, 2.45) is 23.7 Å². The van der Waals surface area contributed by atoms with Crippen molar-refractivity contribution in [2.45, 2.75) is 18.9 Å². The average molecular weight is 195 g/mol. The first-order valence-electron chi connectivity index (χ1n) is 5.12. The van der Waals surface area contributed by atoms with Crippen LogP contribution >= 0.6 is 0 Å². The van der Waals surface area contributed by atoms with Crippen LogP contribution in [-0.2, 0) is 9.59 Å². The number of aliphatic hydroxyl groups excluding tert-OH is 1. The topological polar surface area (TPSA) is 57.6 Å². The largest absolute Gasteiger partial charge is 0.392 e. The van der Waals surface area contributed by atoms with Crippen molar-refractivity contribution in [3.05, 3.63) is 0 Å². The number of rotatable bonds is 0. The Balaban J connectivity index is 2.04. The summed E-state index contributed by atoms with van der Waals surface area (Å²) in [6, 6.07) is 0. The Kier molecular flexibility index (Phi) is 1.42. The van der Waals surface area contributed by atoms with Gasteiger partial charge in [-0.05, 0) is 24.7 Å². The summed E-state index contributed by atoms with van der Waals surface area (Å²) in [5.41, 5.74) is 0. The minimum atomic E-state index is -0.411. The van der Waals surface area contributed by atoms with E-state index < -0.39 is 6.10 Å². The molecule has 0 aromatic heterocycles. The van der Waals surface area contributed by atoms with Crippen LogP contribution in [0.5, 0.6) is 0 Å². The third-order valence-corrected chi connectivity index (χ3v) is 4.25. The van der Waals surface area contributed by atoms with E-state index in [0.29, 0.717) is 0 Å². The molecule has 4 heteroatoms. The molecule has 3 rings (SSSR count). The summed E-state index contributed by atoms with van der Waals surface area (Å²) < 4.78 is 0. The van der Waals surface area contributed by atoms with Crippen LogP contribution in [-0.4, -0.2) is 35.0 Å². The van der Waals surface area contributed by atoms with Crippen LogP contribution in [0.3, 0.4) is 0 Å². The van der Waals surface area contributed by atoms with Gasteiger partial charge in [-0.3, -0.25) is 14.5 Å². The number of amides is 2. The molecule has 2 aliphatic carbocycles. The van der Waals surface area contributed by atoms with E-state index >= 15 is 0 Å². The van der Waals surface area contributed by atoms with Gasteiger partial charge in [0.05, 0.1) is 17.9 Å². The number of hydrogen-bond acceptors (Lipinski definition) is 3. The number of carbonyl (C=O) groups is 2. The quantitative estimate of drug-likeness (QED) is 0.536. The van der Waals surface area contributed by atoms with Crippen LogP contribution in [0.2, 0.25) is 0 Å². The predicted molar refractivity (Wildman–Crippen MR) is 47.0 cm³/mol. The van der Waals surface area contributed by atoms with Gasteiger partial charge in [-0.15, -0.1) is 0 Å².